The number of nitrogens with one attached hydrogen (secondary N) is 1. The Labute approximate surface area is 100 Å². The molecule has 0 fully saturated rings. The van der Waals surface area contributed by atoms with Gasteiger partial charge in [0.05, 0.1) is 10.4 Å². The molecule has 2 N–H and O–H groups in total. The Bertz CT molecular complexity index is 288. The molecule has 15 heavy (non-hydrogen) atoms. The van der Waals surface area contributed by atoms with Gasteiger partial charge in [-0.25, -0.2) is 0 Å². The van der Waals surface area contributed by atoms with E-state index in [1.165, 1.54) is 4.88 Å². The maximum Gasteiger partial charge on any atom is 0.0931 e. The molecule has 0 spiro atoms. The van der Waals surface area contributed by atoms with Crippen LogP contribution in [-0.4, -0.2) is 23.8 Å². The summed E-state index contributed by atoms with van der Waals surface area (Å²) in [4.78, 5) is 1.32. The Hall–Kier alpha value is -0.0900. The van der Waals surface area contributed by atoms with Crippen molar-refractivity contribution in [3.05, 3.63) is 21.3 Å². The van der Waals surface area contributed by atoms with Crippen molar-refractivity contribution < 1.29 is 5.11 Å². The molecule has 2 nitrogen and oxygen atoms in total. The minimum Gasteiger partial charge on any atom is -0.392 e. The molecule has 0 saturated carbocycles. The largest absolute Gasteiger partial charge is 0.392 e. The third-order valence-corrected chi connectivity index (χ3v) is 3.51. The summed E-state index contributed by atoms with van der Waals surface area (Å²) in [6.07, 6.45) is 1.85. The predicted molar refractivity (Wildman–Crippen MR) is 66.8 cm³/mol. The highest BCUT2D eigenvalue weighted by molar-refractivity contribution is 7.16. The minimum atomic E-state index is -0.274. The number of aryl methyl sites for hydroxylation is 1. The lowest BCUT2D eigenvalue weighted by molar-refractivity contribution is 0.186. The molecule has 1 rings (SSSR count). The number of hydrogen-bond acceptors (Lipinski definition) is 3. The van der Waals surface area contributed by atoms with Gasteiger partial charge in [-0.3, -0.25) is 0 Å². The first kappa shape index (κ1) is 13.0. The molecule has 0 aliphatic carbocycles. The minimum absolute atomic E-state index is 0.274. The number of halogens is 1. The van der Waals surface area contributed by atoms with Gasteiger partial charge >= 0.3 is 0 Å². The van der Waals surface area contributed by atoms with E-state index in [0.29, 0.717) is 12.6 Å². The van der Waals surface area contributed by atoms with E-state index in [9.17, 15) is 0 Å². The lowest BCUT2D eigenvalue weighted by atomic mass is 10.1. The van der Waals surface area contributed by atoms with Gasteiger partial charge in [-0.05, 0) is 38.8 Å². The summed E-state index contributed by atoms with van der Waals surface area (Å²) in [7, 11) is 0. The second-order valence-electron chi connectivity index (χ2n) is 3.90. The number of thiophene rings is 1. The first-order valence-corrected chi connectivity index (χ1v) is 6.43. The molecule has 0 amide bonds. The highest BCUT2D eigenvalue weighted by Crippen LogP contribution is 2.22. The van der Waals surface area contributed by atoms with Gasteiger partial charge in [0.15, 0.2) is 0 Å². The maximum atomic E-state index is 9.11. The monoisotopic (exact) mass is 247 g/mol. The molecule has 0 aromatic carbocycles. The van der Waals surface area contributed by atoms with Crippen LogP contribution in [0.25, 0.3) is 0 Å². The van der Waals surface area contributed by atoms with Gasteiger partial charge in [0.25, 0.3) is 0 Å². The summed E-state index contributed by atoms with van der Waals surface area (Å²) in [5.41, 5.74) is 0. The van der Waals surface area contributed by atoms with Crippen LogP contribution in [0.5, 0.6) is 0 Å². The zero-order valence-electron chi connectivity index (χ0n) is 9.16. The number of hydrogen-bond donors (Lipinski definition) is 2. The fourth-order valence-corrected chi connectivity index (χ4v) is 2.42. The Morgan fingerprint density at radius 2 is 2.20 bits per heavy atom. The number of aliphatic hydroxyl groups is 1. The zero-order chi connectivity index (χ0) is 11.3. The van der Waals surface area contributed by atoms with E-state index in [1.54, 1.807) is 18.3 Å². The van der Waals surface area contributed by atoms with Crippen molar-refractivity contribution in [2.75, 3.05) is 6.54 Å². The van der Waals surface area contributed by atoms with E-state index < -0.39 is 0 Å². The van der Waals surface area contributed by atoms with Crippen LogP contribution in [-0.2, 0) is 6.42 Å². The summed E-state index contributed by atoms with van der Waals surface area (Å²) >= 11 is 7.49. The van der Waals surface area contributed by atoms with E-state index >= 15 is 0 Å². The Kier molecular flexibility index (Phi) is 5.61. The first-order valence-electron chi connectivity index (χ1n) is 5.23. The van der Waals surface area contributed by atoms with E-state index in [1.807, 2.05) is 6.07 Å². The molecular formula is C11H18ClNOS. The SMILES string of the molecule is CC(CCc1ccc(Cl)s1)NC[C@H](C)O. The third-order valence-electron chi connectivity index (χ3n) is 2.21. The van der Waals surface area contributed by atoms with Crippen molar-refractivity contribution >= 4 is 22.9 Å². The van der Waals surface area contributed by atoms with Gasteiger partial charge in [0.1, 0.15) is 0 Å². The van der Waals surface area contributed by atoms with Crippen LogP contribution in [0.3, 0.4) is 0 Å². The van der Waals surface area contributed by atoms with Gasteiger partial charge in [0.2, 0.25) is 0 Å². The summed E-state index contributed by atoms with van der Waals surface area (Å²) in [5.74, 6) is 0. The van der Waals surface area contributed by atoms with Crippen LogP contribution in [0, 0.1) is 0 Å². The van der Waals surface area contributed by atoms with Crippen molar-refractivity contribution in [3.8, 4) is 0 Å². The van der Waals surface area contributed by atoms with Gasteiger partial charge in [0, 0.05) is 17.5 Å². The zero-order valence-corrected chi connectivity index (χ0v) is 10.7. The summed E-state index contributed by atoms with van der Waals surface area (Å²) in [5, 5.41) is 12.4. The highest BCUT2D eigenvalue weighted by atomic mass is 35.5. The molecular weight excluding hydrogens is 230 g/mol. The van der Waals surface area contributed by atoms with Gasteiger partial charge < -0.3 is 10.4 Å². The first-order chi connectivity index (χ1) is 7.08. The van der Waals surface area contributed by atoms with Crippen molar-refractivity contribution in [2.24, 2.45) is 0 Å². The van der Waals surface area contributed by atoms with Gasteiger partial charge in [-0.2, -0.15) is 0 Å². The molecule has 1 unspecified atom stereocenters. The molecule has 0 aliphatic rings. The van der Waals surface area contributed by atoms with Crippen LogP contribution in [0.1, 0.15) is 25.1 Å². The Balaban J connectivity index is 2.19. The fraction of sp³-hybridized carbons (Fsp3) is 0.636. The third kappa shape index (κ3) is 5.52. The van der Waals surface area contributed by atoms with E-state index in [4.69, 9.17) is 16.7 Å². The van der Waals surface area contributed by atoms with E-state index in [-0.39, 0.29) is 6.10 Å². The molecule has 1 heterocycles. The smallest absolute Gasteiger partial charge is 0.0931 e. The van der Waals surface area contributed by atoms with Crippen LogP contribution < -0.4 is 5.32 Å². The highest BCUT2D eigenvalue weighted by Gasteiger charge is 2.04. The van der Waals surface area contributed by atoms with Gasteiger partial charge in [-0.1, -0.05) is 11.6 Å². The summed E-state index contributed by atoms with van der Waals surface area (Å²) < 4.78 is 0.856. The maximum absolute atomic E-state index is 9.11. The lowest BCUT2D eigenvalue weighted by Crippen LogP contribution is -2.32. The molecule has 4 heteroatoms. The average Bonchev–Trinajstić information content (AvgIpc) is 2.58. The van der Waals surface area contributed by atoms with Crippen molar-refractivity contribution in [1.82, 2.24) is 5.32 Å². The van der Waals surface area contributed by atoms with E-state index in [2.05, 4.69) is 18.3 Å². The van der Waals surface area contributed by atoms with Gasteiger partial charge in [-0.15, -0.1) is 11.3 Å². The average molecular weight is 248 g/mol. The number of rotatable bonds is 6. The van der Waals surface area contributed by atoms with Crippen LogP contribution in [0.15, 0.2) is 12.1 Å². The quantitative estimate of drug-likeness (QED) is 0.810. The normalized spacial score (nSPS) is 15.2. The summed E-state index contributed by atoms with van der Waals surface area (Å²) in [6, 6.07) is 4.45. The van der Waals surface area contributed by atoms with Crippen LogP contribution in [0.4, 0.5) is 0 Å². The van der Waals surface area contributed by atoms with Crippen LogP contribution in [0.2, 0.25) is 4.34 Å². The predicted octanol–water partition coefficient (Wildman–Crippen LogP) is 2.69. The topological polar surface area (TPSA) is 32.3 Å². The fourth-order valence-electron chi connectivity index (χ4n) is 1.32. The van der Waals surface area contributed by atoms with E-state index in [0.717, 1.165) is 17.2 Å². The lowest BCUT2D eigenvalue weighted by Gasteiger charge is -2.14. The molecule has 0 radical (unpaired) electrons. The van der Waals surface area contributed by atoms with Crippen molar-refractivity contribution in [2.45, 2.75) is 38.8 Å². The van der Waals surface area contributed by atoms with Crippen molar-refractivity contribution in [3.63, 3.8) is 0 Å². The second kappa shape index (κ2) is 6.48. The molecule has 86 valence electrons. The standard InChI is InChI=1S/C11H18ClNOS/c1-8(13-7-9(2)14)3-4-10-5-6-11(12)15-10/h5-6,8-9,13-14H,3-4,7H2,1-2H3/t8?,9-/m0/s1. The van der Waals surface area contributed by atoms with Crippen LogP contribution >= 0.6 is 22.9 Å². The molecule has 0 bridgehead atoms. The Morgan fingerprint density at radius 1 is 1.47 bits per heavy atom. The summed E-state index contributed by atoms with van der Waals surface area (Å²) in [6.45, 7) is 4.59. The molecule has 2 atom stereocenters. The molecule has 0 saturated heterocycles. The number of aliphatic hydroxyl groups excluding tert-OH is 1. The molecule has 1 aromatic rings. The Morgan fingerprint density at radius 3 is 2.73 bits per heavy atom. The second-order valence-corrected chi connectivity index (χ2v) is 5.70. The molecule has 1 aromatic heterocycles. The molecule has 0 aliphatic heterocycles. The van der Waals surface area contributed by atoms with Crippen molar-refractivity contribution in [1.29, 1.82) is 0 Å².